The van der Waals surface area contributed by atoms with Gasteiger partial charge in [0.15, 0.2) is 11.6 Å². The van der Waals surface area contributed by atoms with Gasteiger partial charge in [-0.3, -0.25) is 9.59 Å². The molecule has 1 unspecified atom stereocenters. The molecule has 2 aromatic rings. The van der Waals surface area contributed by atoms with E-state index >= 15 is 0 Å². The lowest BCUT2D eigenvalue weighted by atomic mass is 10.1. The summed E-state index contributed by atoms with van der Waals surface area (Å²) in [7, 11) is 0. The Labute approximate surface area is 154 Å². The van der Waals surface area contributed by atoms with Crippen molar-refractivity contribution in [3.8, 4) is 0 Å². The molecule has 0 bridgehead atoms. The van der Waals surface area contributed by atoms with Crippen LogP contribution in [0.1, 0.15) is 18.4 Å². The van der Waals surface area contributed by atoms with E-state index in [-0.39, 0.29) is 17.1 Å². The van der Waals surface area contributed by atoms with Crippen molar-refractivity contribution in [1.29, 1.82) is 0 Å². The number of hydrogen-bond donors (Lipinski definition) is 0. The summed E-state index contributed by atoms with van der Waals surface area (Å²) in [5.74, 6) is 1.37. The largest absolute Gasteiger partial charge is 0.465 e. The zero-order chi connectivity index (χ0) is 17.6. The molecule has 0 radical (unpaired) electrons. The zero-order valence-corrected chi connectivity index (χ0v) is 15.1. The second-order valence-electron chi connectivity index (χ2n) is 5.33. The van der Waals surface area contributed by atoms with Crippen molar-refractivity contribution in [3.05, 3.63) is 70.3 Å². The predicted molar refractivity (Wildman–Crippen MR) is 102 cm³/mol. The van der Waals surface area contributed by atoms with Crippen LogP contribution in [0.15, 0.2) is 67.6 Å². The maximum absolute atomic E-state index is 12.6. The van der Waals surface area contributed by atoms with E-state index in [1.54, 1.807) is 59.9 Å². The Morgan fingerprint density at radius 3 is 2.00 bits per heavy atom. The van der Waals surface area contributed by atoms with Crippen molar-refractivity contribution >= 4 is 47.2 Å². The summed E-state index contributed by atoms with van der Waals surface area (Å²) in [6, 6.07) is 6.98. The van der Waals surface area contributed by atoms with E-state index in [0.29, 0.717) is 16.8 Å². The van der Waals surface area contributed by atoms with Crippen molar-refractivity contribution in [2.75, 3.05) is 5.75 Å². The maximum atomic E-state index is 12.6. The molecule has 0 spiro atoms. The molecule has 1 atom stereocenters. The van der Waals surface area contributed by atoms with E-state index in [0.717, 1.165) is 9.99 Å². The molecule has 6 heteroatoms. The molecule has 3 heterocycles. The van der Waals surface area contributed by atoms with Gasteiger partial charge in [-0.2, -0.15) is 0 Å². The standard InChI is InChI=1S/C19H16O4S2/c1-13-12-24-19(25-13)18(16(20)8-6-14-4-2-10-22-14)17(21)9-7-15-5-3-11-23-15/h2-11,13H,12H2,1H3. The maximum Gasteiger partial charge on any atom is 0.191 e. The molecule has 0 aliphatic carbocycles. The highest BCUT2D eigenvalue weighted by Crippen LogP contribution is 2.43. The van der Waals surface area contributed by atoms with Gasteiger partial charge >= 0.3 is 0 Å². The van der Waals surface area contributed by atoms with Crippen LogP contribution in [-0.4, -0.2) is 22.6 Å². The first kappa shape index (κ1) is 17.6. The summed E-state index contributed by atoms with van der Waals surface area (Å²) in [5.41, 5.74) is 0.199. The monoisotopic (exact) mass is 372 g/mol. The molecule has 0 N–H and O–H groups in total. The second-order valence-corrected chi connectivity index (χ2v) is 8.07. The molecule has 3 rings (SSSR count). The van der Waals surface area contributed by atoms with Gasteiger partial charge in [0.25, 0.3) is 0 Å². The number of furan rings is 2. The minimum atomic E-state index is -0.324. The quantitative estimate of drug-likeness (QED) is 0.412. The van der Waals surface area contributed by atoms with Crippen LogP contribution in [0.2, 0.25) is 0 Å². The third kappa shape index (κ3) is 4.67. The average Bonchev–Trinajstić information content (AvgIpc) is 3.34. The number of ketones is 2. The summed E-state index contributed by atoms with van der Waals surface area (Å²) in [6.45, 7) is 2.08. The fraction of sp³-hybridized carbons (Fsp3) is 0.158. The van der Waals surface area contributed by atoms with Gasteiger partial charge in [0, 0.05) is 11.0 Å². The predicted octanol–water partition coefficient (Wildman–Crippen LogP) is 4.82. The number of carbonyl (C=O) groups is 2. The van der Waals surface area contributed by atoms with Crippen molar-refractivity contribution in [3.63, 3.8) is 0 Å². The molecule has 0 saturated carbocycles. The third-order valence-electron chi connectivity index (χ3n) is 3.34. The molecule has 0 amide bonds. The Morgan fingerprint density at radius 2 is 1.60 bits per heavy atom. The highest BCUT2D eigenvalue weighted by molar-refractivity contribution is 8.25. The average molecular weight is 372 g/mol. The molecule has 25 heavy (non-hydrogen) atoms. The molecule has 0 aromatic carbocycles. The third-order valence-corrected chi connectivity index (χ3v) is 6.31. The second kappa shape index (κ2) is 8.27. The number of hydrogen-bond acceptors (Lipinski definition) is 6. The van der Waals surface area contributed by atoms with Gasteiger partial charge in [0.2, 0.25) is 0 Å². The minimum absolute atomic E-state index is 0.199. The molecule has 1 aliphatic heterocycles. The van der Waals surface area contributed by atoms with Crippen molar-refractivity contribution in [1.82, 2.24) is 0 Å². The van der Waals surface area contributed by atoms with Crippen LogP contribution in [-0.2, 0) is 9.59 Å². The Hall–Kier alpha value is -2.18. The molecule has 2 aromatic heterocycles. The van der Waals surface area contributed by atoms with Gasteiger partial charge in [-0.1, -0.05) is 6.92 Å². The summed E-state index contributed by atoms with van der Waals surface area (Å²) in [5, 5.41) is 0.374. The molecule has 1 fully saturated rings. The van der Waals surface area contributed by atoms with Crippen molar-refractivity contribution in [2.45, 2.75) is 12.2 Å². The van der Waals surface area contributed by atoms with E-state index < -0.39 is 0 Å². The number of allylic oxidation sites excluding steroid dienone is 3. The van der Waals surface area contributed by atoms with Crippen LogP contribution in [0.3, 0.4) is 0 Å². The Balaban J connectivity index is 1.85. The van der Waals surface area contributed by atoms with Gasteiger partial charge in [-0.15, -0.1) is 23.5 Å². The topological polar surface area (TPSA) is 60.4 Å². The van der Waals surface area contributed by atoms with Crippen molar-refractivity contribution in [2.24, 2.45) is 0 Å². The summed E-state index contributed by atoms with van der Waals surface area (Å²) >= 11 is 3.11. The Morgan fingerprint density at radius 1 is 1.04 bits per heavy atom. The molecule has 128 valence electrons. The molecular weight excluding hydrogens is 356 g/mol. The van der Waals surface area contributed by atoms with Gasteiger partial charge < -0.3 is 8.83 Å². The highest BCUT2D eigenvalue weighted by Gasteiger charge is 2.26. The van der Waals surface area contributed by atoms with Crippen LogP contribution in [0, 0.1) is 0 Å². The summed E-state index contributed by atoms with van der Waals surface area (Å²) in [6.07, 6.45) is 8.96. The molecular formula is C19H16O4S2. The molecule has 4 nitrogen and oxygen atoms in total. The van der Waals surface area contributed by atoms with Gasteiger partial charge in [0.1, 0.15) is 11.5 Å². The van der Waals surface area contributed by atoms with Crippen LogP contribution in [0.25, 0.3) is 12.2 Å². The molecule has 1 aliphatic rings. The van der Waals surface area contributed by atoms with Crippen LogP contribution < -0.4 is 0 Å². The fourth-order valence-electron chi connectivity index (χ4n) is 2.15. The molecule has 1 saturated heterocycles. The Bertz CT molecular complexity index is 769. The normalized spacial score (nSPS) is 17.6. The fourth-order valence-corrected chi connectivity index (χ4v) is 5.01. The number of carbonyl (C=O) groups excluding carboxylic acids is 2. The summed E-state index contributed by atoms with van der Waals surface area (Å²) < 4.78 is 11.1. The SMILES string of the molecule is CC1CSC(=C(C(=O)C=Cc2ccco2)C(=O)C=Cc2ccco2)S1. The highest BCUT2D eigenvalue weighted by atomic mass is 32.2. The smallest absolute Gasteiger partial charge is 0.191 e. The van der Waals surface area contributed by atoms with Gasteiger partial charge in [-0.05, 0) is 48.6 Å². The van der Waals surface area contributed by atoms with Gasteiger partial charge in [-0.25, -0.2) is 0 Å². The minimum Gasteiger partial charge on any atom is -0.465 e. The first-order valence-electron chi connectivity index (χ1n) is 7.69. The van der Waals surface area contributed by atoms with E-state index in [2.05, 4.69) is 6.92 Å². The van der Waals surface area contributed by atoms with Crippen LogP contribution in [0.5, 0.6) is 0 Å². The van der Waals surface area contributed by atoms with Crippen LogP contribution in [0.4, 0.5) is 0 Å². The number of rotatable bonds is 6. The lowest BCUT2D eigenvalue weighted by Crippen LogP contribution is -2.10. The van der Waals surface area contributed by atoms with Gasteiger partial charge in [0.05, 0.1) is 22.3 Å². The van der Waals surface area contributed by atoms with E-state index in [9.17, 15) is 9.59 Å². The lowest BCUT2D eigenvalue weighted by Gasteiger charge is -2.04. The van der Waals surface area contributed by atoms with Crippen LogP contribution >= 0.6 is 23.5 Å². The van der Waals surface area contributed by atoms with E-state index in [4.69, 9.17) is 8.83 Å². The Kier molecular flexibility index (Phi) is 5.83. The van der Waals surface area contributed by atoms with E-state index in [1.165, 1.54) is 24.7 Å². The first-order valence-corrected chi connectivity index (χ1v) is 9.55. The first-order chi connectivity index (χ1) is 12.1. The zero-order valence-electron chi connectivity index (χ0n) is 13.5. The lowest BCUT2D eigenvalue weighted by molar-refractivity contribution is -0.116. The number of thioether (sulfide) groups is 2. The van der Waals surface area contributed by atoms with E-state index in [1.807, 2.05) is 0 Å². The summed E-state index contributed by atoms with van der Waals surface area (Å²) in [4.78, 5) is 25.3. The van der Waals surface area contributed by atoms with Crippen molar-refractivity contribution < 1.29 is 18.4 Å².